The lowest BCUT2D eigenvalue weighted by Crippen LogP contribution is -2.39. The van der Waals surface area contributed by atoms with Crippen LogP contribution in [0.2, 0.25) is 0 Å². The van der Waals surface area contributed by atoms with Crippen molar-refractivity contribution in [2.24, 2.45) is 5.73 Å². The van der Waals surface area contributed by atoms with Crippen LogP contribution in [0.1, 0.15) is 43.7 Å². The van der Waals surface area contributed by atoms with Gasteiger partial charge in [0.25, 0.3) is 0 Å². The summed E-state index contributed by atoms with van der Waals surface area (Å²) in [7, 11) is 0. The smallest absolute Gasteiger partial charge is 0.222 e. The summed E-state index contributed by atoms with van der Waals surface area (Å²) >= 11 is 0. The van der Waals surface area contributed by atoms with Gasteiger partial charge in [-0.25, -0.2) is 0 Å². The Kier molecular flexibility index (Phi) is 7.06. The Hall–Kier alpha value is -1.39. The molecule has 4 nitrogen and oxygen atoms in total. The molecule has 0 aliphatic carbocycles. The van der Waals surface area contributed by atoms with Crippen molar-refractivity contribution in [2.45, 2.75) is 58.1 Å². The summed E-state index contributed by atoms with van der Waals surface area (Å²) in [5.74, 6) is 0.199. The molecule has 1 saturated heterocycles. The summed E-state index contributed by atoms with van der Waals surface area (Å²) in [6, 6.07) is 8.61. The first kappa shape index (κ1) is 18.0. The van der Waals surface area contributed by atoms with E-state index in [-0.39, 0.29) is 18.1 Å². The average Bonchev–Trinajstić information content (AvgIpc) is 3.03. The zero-order valence-corrected chi connectivity index (χ0v) is 14.5. The van der Waals surface area contributed by atoms with Gasteiger partial charge in [0, 0.05) is 32.2 Å². The van der Waals surface area contributed by atoms with Crippen molar-refractivity contribution in [1.82, 2.24) is 4.90 Å². The first-order chi connectivity index (χ1) is 11.0. The lowest BCUT2D eigenvalue weighted by Gasteiger charge is -2.26. The molecule has 128 valence electrons. The summed E-state index contributed by atoms with van der Waals surface area (Å²) in [5, 5.41) is 0. The fourth-order valence-corrected chi connectivity index (χ4v) is 2.88. The standard InChI is InChI=1S/C19H30N2O2/c1-15-5-8-17(9-6-15)11-12-21(14-18-4-3-13-23-18)19(22)10-7-16(2)20/h5-6,8-9,16,18H,3-4,7,10-14,20H2,1-2H3. The summed E-state index contributed by atoms with van der Waals surface area (Å²) in [6.45, 7) is 6.32. The number of nitrogens with zero attached hydrogens (tertiary/aromatic N) is 1. The predicted molar refractivity (Wildman–Crippen MR) is 93.3 cm³/mol. The highest BCUT2D eigenvalue weighted by Crippen LogP contribution is 2.15. The molecule has 0 spiro atoms. The SMILES string of the molecule is Cc1ccc(CCN(CC2CCCO2)C(=O)CCC(C)N)cc1. The number of carbonyl (C=O) groups excluding carboxylic acids is 1. The van der Waals surface area contributed by atoms with Crippen molar-refractivity contribution in [2.75, 3.05) is 19.7 Å². The van der Waals surface area contributed by atoms with E-state index in [1.54, 1.807) is 0 Å². The van der Waals surface area contributed by atoms with E-state index in [2.05, 4.69) is 31.2 Å². The molecule has 0 saturated carbocycles. The molecule has 0 aromatic heterocycles. The predicted octanol–water partition coefficient (Wildman–Crippen LogP) is 2.67. The minimum absolute atomic E-state index is 0.0700. The molecule has 1 aliphatic heterocycles. The van der Waals surface area contributed by atoms with Crippen molar-refractivity contribution < 1.29 is 9.53 Å². The first-order valence-corrected chi connectivity index (χ1v) is 8.75. The van der Waals surface area contributed by atoms with Crippen LogP contribution in [0.15, 0.2) is 24.3 Å². The molecule has 23 heavy (non-hydrogen) atoms. The zero-order chi connectivity index (χ0) is 16.7. The molecule has 2 rings (SSSR count). The number of ether oxygens (including phenoxy) is 1. The maximum Gasteiger partial charge on any atom is 0.222 e. The second kappa shape index (κ2) is 9.04. The quantitative estimate of drug-likeness (QED) is 0.802. The van der Waals surface area contributed by atoms with Gasteiger partial charge in [-0.1, -0.05) is 29.8 Å². The topological polar surface area (TPSA) is 55.6 Å². The van der Waals surface area contributed by atoms with Gasteiger partial charge in [0.1, 0.15) is 0 Å². The van der Waals surface area contributed by atoms with Crippen LogP contribution in [-0.4, -0.2) is 42.6 Å². The van der Waals surface area contributed by atoms with Crippen molar-refractivity contribution in [3.63, 3.8) is 0 Å². The second-order valence-electron chi connectivity index (χ2n) is 6.73. The van der Waals surface area contributed by atoms with Gasteiger partial charge in [-0.05, 0) is 45.1 Å². The Bertz CT molecular complexity index is 479. The maximum absolute atomic E-state index is 12.5. The molecule has 1 aromatic carbocycles. The van der Waals surface area contributed by atoms with Crippen LogP contribution < -0.4 is 5.73 Å². The van der Waals surface area contributed by atoms with Gasteiger partial charge in [0.05, 0.1) is 6.10 Å². The fraction of sp³-hybridized carbons (Fsp3) is 0.632. The van der Waals surface area contributed by atoms with Crippen molar-refractivity contribution >= 4 is 5.91 Å². The molecule has 2 atom stereocenters. The van der Waals surface area contributed by atoms with Crippen LogP contribution in [0.25, 0.3) is 0 Å². The van der Waals surface area contributed by atoms with Crippen molar-refractivity contribution in [3.8, 4) is 0 Å². The highest BCUT2D eigenvalue weighted by molar-refractivity contribution is 5.76. The number of aryl methyl sites for hydroxylation is 1. The minimum atomic E-state index is 0.0700. The molecule has 0 radical (unpaired) electrons. The third kappa shape index (κ3) is 6.32. The Balaban J connectivity index is 1.91. The van der Waals surface area contributed by atoms with E-state index >= 15 is 0 Å². The van der Waals surface area contributed by atoms with Gasteiger partial charge in [-0.2, -0.15) is 0 Å². The number of nitrogens with two attached hydrogens (primary N) is 1. The highest BCUT2D eigenvalue weighted by atomic mass is 16.5. The molecule has 4 heteroatoms. The Morgan fingerprint density at radius 1 is 1.39 bits per heavy atom. The number of hydrogen-bond acceptors (Lipinski definition) is 3. The summed E-state index contributed by atoms with van der Waals surface area (Å²) < 4.78 is 5.71. The molecule has 2 N–H and O–H groups in total. The fourth-order valence-electron chi connectivity index (χ4n) is 2.88. The molecular formula is C19H30N2O2. The van der Waals surface area contributed by atoms with Crippen molar-refractivity contribution in [3.05, 3.63) is 35.4 Å². The van der Waals surface area contributed by atoms with Gasteiger partial charge < -0.3 is 15.4 Å². The lowest BCUT2D eigenvalue weighted by atomic mass is 10.1. The van der Waals surface area contributed by atoms with Gasteiger partial charge in [-0.3, -0.25) is 4.79 Å². The molecule has 1 fully saturated rings. The van der Waals surface area contributed by atoms with Crippen molar-refractivity contribution in [1.29, 1.82) is 0 Å². The molecule has 2 unspecified atom stereocenters. The molecular weight excluding hydrogens is 288 g/mol. The van der Waals surface area contributed by atoms with Gasteiger partial charge in [-0.15, -0.1) is 0 Å². The van der Waals surface area contributed by atoms with Gasteiger partial charge >= 0.3 is 0 Å². The first-order valence-electron chi connectivity index (χ1n) is 8.75. The Labute approximate surface area is 140 Å². The molecule has 1 heterocycles. The zero-order valence-electron chi connectivity index (χ0n) is 14.5. The number of amides is 1. The van der Waals surface area contributed by atoms with Gasteiger partial charge in [0.15, 0.2) is 0 Å². The second-order valence-corrected chi connectivity index (χ2v) is 6.73. The van der Waals surface area contributed by atoms with Crippen LogP contribution in [0.5, 0.6) is 0 Å². The number of carbonyl (C=O) groups is 1. The molecule has 1 amide bonds. The highest BCUT2D eigenvalue weighted by Gasteiger charge is 2.22. The van der Waals surface area contributed by atoms with Crippen LogP contribution in [0, 0.1) is 6.92 Å². The third-order valence-electron chi connectivity index (χ3n) is 4.41. The van der Waals surface area contributed by atoms with E-state index < -0.39 is 0 Å². The third-order valence-corrected chi connectivity index (χ3v) is 4.41. The molecule has 0 bridgehead atoms. The Morgan fingerprint density at radius 2 is 2.13 bits per heavy atom. The van der Waals surface area contributed by atoms with E-state index in [1.807, 2.05) is 11.8 Å². The van der Waals surface area contributed by atoms with Crippen LogP contribution in [0.4, 0.5) is 0 Å². The van der Waals surface area contributed by atoms with E-state index in [0.29, 0.717) is 13.0 Å². The van der Waals surface area contributed by atoms with Crippen LogP contribution >= 0.6 is 0 Å². The largest absolute Gasteiger partial charge is 0.376 e. The normalized spacial score (nSPS) is 18.8. The molecule has 1 aliphatic rings. The number of benzene rings is 1. The Morgan fingerprint density at radius 3 is 2.74 bits per heavy atom. The average molecular weight is 318 g/mol. The number of rotatable bonds is 8. The summed E-state index contributed by atoms with van der Waals surface area (Å²) in [4.78, 5) is 14.5. The van der Waals surface area contributed by atoms with E-state index in [1.165, 1.54) is 11.1 Å². The van der Waals surface area contributed by atoms with Crippen LogP contribution in [0.3, 0.4) is 0 Å². The molecule has 1 aromatic rings. The monoisotopic (exact) mass is 318 g/mol. The minimum Gasteiger partial charge on any atom is -0.376 e. The number of hydrogen-bond donors (Lipinski definition) is 1. The van der Waals surface area contributed by atoms with E-state index in [9.17, 15) is 4.79 Å². The van der Waals surface area contributed by atoms with Gasteiger partial charge in [0.2, 0.25) is 5.91 Å². The van der Waals surface area contributed by atoms with E-state index in [4.69, 9.17) is 10.5 Å². The van der Waals surface area contributed by atoms with Crippen LogP contribution in [-0.2, 0) is 16.0 Å². The van der Waals surface area contributed by atoms with E-state index in [0.717, 1.165) is 38.8 Å². The summed E-state index contributed by atoms with van der Waals surface area (Å²) in [5.41, 5.74) is 8.32. The summed E-state index contributed by atoms with van der Waals surface area (Å²) in [6.07, 6.45) is 4.51. The maximum atomic E-state index is 12.5. The lowest BCUT2D eigenvalue weighted by molar-refractivity contribution is -0.132.